The van der Waals surface area contributed by atoms with Gasteiger partial charge in [0, 0.05) is 0 Å². The van der Waals surface area contributed by atoms with E-state index in [0.29, 0.717) is 11.0 Å². The number of rotatable bonds is 2. The molecule has 4 N–H and O–H groups in total. The number of fused-ring (bicyclic) bond motifs is 2. The summed E-state index contributed by atoms with van der Waals surface area (Å²) in [5.41, 5.74) is 4.77. The number of amides is 1. The van der Waals surface area contributed by atoms with E-state index < -0.39 is 12.1 Å². The van der Waals surface area contributed by atoms with Gasteiger partial charge in [0.25, 0.3) is 0 Å². The van der Waals surface area contributed by atoms with Crippen LogP contribution in [0.2, 0.25) is 0 Å². The molecule has 0 aromatic heterocycles. The number of carboxylic acid groups (broad SMARTS) is 1. The molecule has 2 fully saturated rings. The number of guanidine groups is 1. The van der Waals surface area contributed by atoms with Gasteiger partial charge in [-0.2, -0.15) is 0 Å². The van der Waals surface area contributed by atoms with Crippen molar-refractivity contribution in [3.05, 3.63) is 0 Å². The predicted molar refractivity (Wildman–Crippen MR) is 52.2 cm³/mol. The van der Waals surface area contributed by atoms with E-state index in [1.165, 1.54) is 0 Å². The van der Waals surface area contributed by atoms with E-state index >= 15 is 0 Å². The van der Waals surface area contributed by atoms with Crippen molar-refractivity contribution >= 4 is 12.1 Å². The second-order valence-corrected chi connectivity index (χ2v) is 4.38. The smallest absolute Gasteiger partial charge is 0.439 e. The first-order valence-electron chi connectivity index (χ1n) is 5.09. The van der Waals surface area contributed by atoms with Crippen LogP contribution in [0.3, 0.4) is 0 Å². The molecule has 6 heteroatoms. The lowest BCUT2D eigenvalue weighted by Gasteiger charge is -2.30. The average molecular weight is 213 g/mol. The molecule has 0 spiro atoms. The van der Waals surface area contributed by atoms with Crippen molar-refractivity contribution in [2.45, 2.75) is 37.7 Å². The second kappa shape index (κ2) is 3.37. The first kappa shape index (κ1) is 10.2. The Morgan fingerprint density at radius 1 is 1.53 bits per heavy atom. The Kier molecular flexibility index (Phi) is 2.30. The Morgan fingerprint density at radius 3 is 2.47 bits per heavy atom. The van der Waals surface area contributed by atoms with E-state index in [1.54, 1.807) is 0 Å². The first-order valence-corrected chi connectivity index (χ1v) is 5.09. The Hall–Kier alpha value is -1.30. The first-order chi connectivity index (χ1) is 7.02. The molecule has 2 aliphatic carbocycles. The van der Waals surface area contributed by atoms with Crippen LogP contribution in [0.5, 0.6) is 0 Å². The summed E-state index contributed by atoms with van der Waals surface area (Å²) in [6.45, 7) is 0. The topological polar surface area (TPSA) is 99.6 Å². The Balaban J connectivity index is 2.06. The van der Waals surface area contributed by atoms with Crippen molar-refractivity contribution < 1.29 is 14.7 Å². The van der Waals surface area contributed by atoms with Crippen molar-refractivity contribution in [2.75, 3.05) is 0 Å². The van der Waals surface area contributed by atoms with Crippen LogP contribution in [0.1, 0.15) is 32.1 Å². The number of nitrogens with one attached hydrogen (secondary N) is 1. The lowest BCUT2D eigenvalue weighted by Crippen LogP contribution is -2.46. The Labute approximate surface area is 87.5 Å². The van der Waals surface area contributed by atoms with Crippen molar-refractivity contribution in [1.29, 1.82) is 5.41 Å². The Morgan fingerprint density at radius 2 is 2.13 bits per heavy atom. The maximum Gasteiger partial charge on any atom is 0.439 e. The molecular weight excluding hydrogens is 198 g/mol. The molecule has 1 amide bonds. The molecule has 2 bridgehead atoms. The summed E-state index contributed by atoms with van der Waals surface area (Å²) < 4.78 is 0. The highest BCUT2D eigenvalue weighted by molar-refractivity contribution is 5.88. The molecule has 6 nitrogen and oxygen atoms in total. The van der Waals surface area contributed by atoms with Crippen LogP contribution in [0, 0.1) is 11.3 Å². The van der Waals surface area contributed by atoms with Crippen LogP contribution in [-0.4, -0.2) is 27.8 Å². The van der Waals surface area contributed by atoms with Gasteiger partial charge in [-0.15, -0.1) is 5.06 Å². The van der Waals surface area contributed by atoms with Gasteiger partial charge < -0.3 is 10.8 Å². The fraction of sp³-hybridized carbons (Fsp3) is 0.778. The number of hydrogen-bond acceptors (Lipinski definition) is 3. The molecule has 2 aliphatic rings. The van der Waals surface area contributed by atoms with E-state index in [0.717, 1.165) is 32.1 Å². The summed E-state index contributed by atoms with van der Waals surface area (Å²) in [4.78, 5) is 16.2. The standard InChI is InChI=1S/C9H15N3O3/c10-7(11)12(8(13)14)15-9-3-1-6(5-9)2-4-9/h6H,1-5H2,(H3,10,11)(H,13,14). The summed E-state index contributed by atoms with van der Waals surface area (Å²) in [5, 5.41) is 16.4. The molecule has 15 heavy (non-hydrogen) atoms. The molecule has 2 rings (SSSR count). The van der Waals surface area contributed by atoms with E-state index in [9.17, 15) is 4.79 Å². The minimum atomic E-state index is -1.33. The van der Waals surface area contributed by atoms with Crippen LogP contribution in [-0.2, 0) is 4.84 Å². The van der Waals surface area contributed by atoms with Crippen LogP contribution in [0.15, 0.2) is 0 Å². The summed E-state index contributed by atoms with van der Waals surface area (Å²) in [6, 6.07) is 0. The van der Waals surface area contributed by atoms with Crippen molar-refractivity contribution in [3.63, 3.8) is 0 Å². The maximum absolute atomic E-state index is 10.8. The average Bonchev–Trinajstić information content (AvgIpc) is 2.73. The molecule has 0 atom stereocenters. The van der Waals surface area contributed by atoms with Gasteiger partial charge in [-0.1, -0.05) is 0 Å². The van der Waals surface area contributed by atoms with Crippen LogP contribution in [0.25, 0.3) is 0 Å². The third kappa shape index (κ3) is 1.77. The van der Waals surface area contributed by atoms with Crippen molar-refractivity contribution in [3.8, 4) is 0 Å². The van der Waals surface area contributed by atoms with Gasteiger partial charge in [-0.05, 0) is 38.0 Å². The molecule has 0 heterocycles. The highest BCUT2D eigenvalue weighted by Gasteiger charge is 2.48. The molecule has 0 unspecified atom stereocenters. The predicted octanol–water partition coefficient (Wildman–Crippen LogP) is 1.12. The molecule has 2 saturated carbocycles. The fourth-order valence-corrected chi connectivity index (χ4v) is 2.65. The third-order valence-corrected chi connectivity index (χ3v) is 3.35. The van der Waals surface area contributed by atoms with Crippen LogP contribution < -0.4 is 5.73 Å². The van der Waals surface area contributed by atoms with Gasteiger partial charge in [-0.3, -0.25) is 10.2 Å². The Bertz CT molecular complexity index is 283. The highest BCUT2D eigenvalue weighted by atomic mass is 16.7. The van der Waals surface area contributed by atoms with E-state index in [1.807, 2.05) is 0 Å². The number of hydrogen-bond donors (Lipinski definition) is 3. The number of nitrogens with zero attached hydrogens (tertiary/aromatic N) is 1. The molecule has 84 valence electrons. The minimum absolute atomic E-state index is 0.380. The lowest BCUT2D eigenvalue weighted by molar-refractivity contribution is -0.180. The zero-order chi connectivity index (χ0) is 11.1. The maximum atomic E-state index is 10.8. The molecule has 0 aliphatic heterocycles. The summed E-state index contributed by atoms with van der Waals surface area (Å²) in [6.07, 6.45) is 3.48. The van der Waals surface area contributed by atoms with Gasteiger partial charge in [0.2, 0.25) is 5.96 Å². The van der Waals surface area contributed by atoms with Gasteiger partial charge >= 0.3 is 6.09 Å². The molecular formula is C9H15N3O3. The zero-order valence-electron chi connectivity index (χ0n) is 8.40. The SMILES string of the molecule is N=C(N)N(OC12CCC(CC1)C2)C(=O)O. The summed E-state index contributed by atoms with van der Waals surface area (Å²) in [5.74, 6) is 0.0832. The largest absolute Gasteiger partial charge is 0.463 e. The third-order valence-electron chi connectivity index (χ3n) is 3.35. The fourth-order valence-electron chi connectivity index (χ4n) is 2.65. The second-order valence-electron chi connectivity index (χ2n) is 4.38. The monoisotopic (exact) mass is 213 g/mol. The molecule has 0 saturated heterocycles. The quantitative estimate of drug-likeness (QED) is 0.363. The number of hydroxylamine groups is 2. The van der Waals surface area contributed by atoms with E-state index in [2.05, 4.69) is 0 Å². The summed E-state index contributed by atoms with van der Waals surface area (Å²) >= 11 is 0. The minimum Gasteiger partial charge on any atom is -0.463 e. The van der Waals surface area contributed by atoms with E-state index in [-0.39, 0.29) is 5.60 Å². The van der Waals surface area contributed by atoms with Crippen molar-refractivity contribution in [1.82, 2.24) is 5.06 Å². The molecule has 0 radical (unpaired) electrons. The lowest BCUT2D eigenvalue weighted by atomic mass is 9.97. The van der Waals surface area contributed by atoms with Gasteiger partial charge in [0.15, 0.2) is 0 Å². The summed E-state index contributed by atoms with van der Waals surface area (Å²) in [7, 11) is 0. The normalized spacial score (nSPS) is 32.9. The highest BCUT2D eigenvalue weighted by Crippen LogP contribution is 2.50. The van der Waals surface area contributed by atoms with Crippen LogP contribution >= 0.6 is 0 Å². The molecule has 0 aromatic rings. The number of nitrogens with two attached hydrogens (primary N) is 1. The van der Waals surface area contributed by atoms with Crippen molar-refractivity contribution in [2.24, 2.45) is 11.7 Å². The molecule has 0 aromatic carbocycles. The van der Waals surface area contributed by atoms with E-state index in [4.69, 9.17) is 21.1 Å². The number of carbonyl (C=O) groups is 1. The van der Waals surface area contributed by atoms with Gasteiger partial charge in [-0.25, -0.2) is 4.79 Å². The van der Waals surface area contributed by atoms with Gasteiger partial charge in [0.1, 0.15) is 0 Å². The van der Waals surface area contributed by atoms with Crippen LogP contribution in [0.4, 0.5) is 4.79 Å². The zero-order valence-corrected chi connectivity index (χ0v) is 8.40. The van der Waals surface area contributed by atoms with Gasteiger partial charge in [0.05, 0.1) is 5.60 Å².